The highest BCUT2D eigenvalue weighted by Gasteiger charge is 2.21. The number of carbonyl (C=O) groups excluding carboxylic acids is 1. The van der Waals surface area contributed by atoms with E-state index in [0.29, 0.717) is 5.56 Å². The summed E-state index contributed by atoms with van der Waals surface area (Å²) in [5.41, 5.74) is 0.640. The van der Waals surface area contributed by atoms with Crippen molar-refractivity contribution in [3.8, 4) is 0 Å². The van der Waals surface area contributed by atoms with Crippen molar-refractivity contribution in [2.45, 2.75) is 19.4 Å². The average Bonchev–Trinajstić information content (AvgIpc) is 2.44. The van der Waals surface area contributed by atoms with Gasteiger partial charge < -0.3 is 4.74 Å². The van der Waals surface area contributed by atoms with Crippen LogP contribution in [-0.2, 0) is 19.7 Å². The third-order valence-corrected chi connectivity index (χ3v) is 4.62. The summed E-state index contributed by atoms with van der Waals surface area (Å²) in [6.45, 7) is 1.66. The van der Waals surface area contributed by atoms with E-state index >= 15 is 0 Å². The summed E-state index contributed by atoms with van der Waals surface area (Å²) < 4.78 is 44.9. The lowest BCUT2D eigenvalue weighted by molar-refractivity contribution is -0.140. The van der Waals surface area contributed by atoms with Gasteiger partial charge in [-0.05, 0) is 24.6 Å². The molecule has 0 saturated heterocycles. The number of rotatable bonds is 7. The van der Waals surface area contributed by atoms with Crippen LogP contribution in [0.5, 0.6) is 0 Å². The van der Waals surface area contributed by atoms with Crippen LogP contribution < -0.4 is 4.72 Å². The van der Waals surface area contributed by atoms with Crippen LogP contribution in [0, 0.1) is 5.82 Å². The molecule has 6 nitrogen and oxygen atoms in total. The molecule has 0 spiro atoms. The zero-order valence-corrected chi connectivity index (χ0v) is 13.0. The van der Waals surface area contributed by atoms with E-state index in [9.17, 15) is 17.6 Å². The molecule has 1 rings (SSSR count). The molecule has 0 aliphatic rings. The van der Waals surface area contributed by atoms with Crippen LogP contribution >= 0.6 is 0 Å². The molecule has 0 heterocycles. The van der Waals surface area contributed by atoms with E-state index in [2.05, 4.69) is 9.46 Å². The first-order valence-corrected chi connectivity index (χ1v) is 7.76. The molecule has 1 atom stereocenters. The van der Waals surface area contributed by atoms with Crippen molar-refractivity contribution in [1.29, 1.82) is 0 Å². The van der Waals surface area contributed by atoms with Crippen molar-refractivity contribution < 1.29 is 22.3 Å². The SMILES string of the molecule is COC(=O)CCN(C)S(=O)(=O)NC(C)c1ccc(F)cc1. The molecule has 0 amide bonds. The first kappa shape index (κ1) is 17.5. The Balaban J connectivity index is 2.66. The molecule has 0 fully saturated rings. The first-order valence-electron chi connectivity index (χ1n) is 6.32. The molecule has 118 valence electrons. The summed E-state index contributed by atoms with van der Waals surface area (Å²) in [6.07, 6.45) is -0.0289. The van der Waals surface area contributed by atoms with E-state index in [1.807, 2.05) is 0 Å². The number of methoxy groups -OCH3 is 1. The Bertz CT molecular complexity index is 574. The topological polar surface area (TPSA) is 75.7 Å². The smallest absolute Gasteiger partial charge is 0.306 e. The monoisotopic (exact) mass is 318 g/mol. The normalized spacial score (nSPS) is 13.2. The second-order valence-corrected chi connectivity index (χ2v) is 6.35. The van der Waals surface area contributed by atoms with Gasteiger partial charge in [0.1, 0.15) is 5.82 Å². The van der Waals surface area contributed by atoms with Crippen molar-refractivity contribution >= 4 is 16.2 Å². The molecule has 1 N–H and O–H groups in total. The van der Waals surface area contributed by atoms with Crippen LogP contribution in [0.25, 0.3) is 0 Å². The van der Waals surface area contributed by atoms with Gasteiger partial charge in [0.15, 0.2) is 0 Å². The number of carbonyl (C=O) groups is 1. The van der Waals surface area contributed by atoms with Gasteiger partial charge in [-0.3, -0.25) is 4.79 Å². The van der Waals surface area contributed by atoms with Gasteiger partial charge in [0.2, 0.25) is 0 Å². The Kier molecular flexibility index (Phi) is 6.25. The molecule has 0 aromatic heterocycles. The fourth-order valence-electron chi connectivity index (χ4n) is 1.60. The predicted octanol–water partition coefficient (Wildman–Crippen LogP) is 1.22. The summed E-state index contributed by atoms with van der Waals surface area (Å²) in [5.74, 6) is -0.868. The van der Waals surface area contributed by atoms with Crippen LogP contribution in [0.3, 0.4) is 0 Å². The van der Waals surface area contributed by atoms with E-state index in [1.54, 1.807) is 6.92 Å². The molecule has 0 radical (unpaired) electrons. The highest BCUT2D eigenvalue weighted by molar-refractivity contribution is 7.87. The largest absolute Gasteiger partial charge is 0.469 e. The highest BCUT2D eigenvalue weighted by atomic mass is 32.2. The van der Waals surface area contributed by atoms with Gasteiger partial charge in [0.25, 0.3) is 10.2 Å². The number of hydrogen-bond donors (Lipinski definition) is 1. The minimum atomic E-state index is -3.74. The maximum absolute atomic E-state index is 12.8. The quantitative estimate of drug-likeness (QED) is 0.767. The molecule has 8 heteroatoms. The lowest BCUT2D eigenvalue weighted by Gasteiger charge is -2.21. The van der Waals surface area contributed by atoms with Crippen LogP contribution in [0.1, 0.15) is 24.9 Å². The van der Waals surface area contributed by atoms with E-state index in [4.69, 9.17) is 0 Å². The van der Waals surface area contributed by atoms with Gasteiger partial charge in [-0.1, -0.05) is 12.1 Å². The van der Waals surface area contributed by atoms with Crippen molar-refractivity contribution in [3.63, 3.8) is 0 Å². The summed E-state index contributed by atoms with van der Waals surface area (Å²) in [7, 11) is -1.13. The molecule has 1 unspecified atom stereocenters. The number of esters is 1. The van der Waals surface area contributed by atoms with Gasteiger partial charge in [-0.2, -0.15) is 17.4 Å². The molecule has 21 heavy (non-hydrogen) atoms. The third kappa shape index (κ3) is 5.41. The average molecular weight is 318 g/mol. The van der Waals surface area contributed by atoms with Crippen molar-refractivity contribution in [1.82, 2.24) is 9.03 Å². The van der Waals surface area contributed by atoms with Crippen molar-refractivity contribution in [2.24, 2.45) is 0 Å². The minimum absolute atomic E-state index is 0.0120. The Hall–Kier alpha value is -1.51. The third-order valence-electron chi connectivity index (χ3n) is 2.96. The molecule has 1 aromatic carbocycles. The van der Waals surface area contributed by atoms with E-state index in [1.165, 1.54) is 38.4 Å². The molecular formula is C13H19FN2O4S. The number of ether oxygens (including phenoxy) is 1. The maximum Gasteiger partial charge on any atom is 0.306 e. The summed E-state index contributed by atoms with van der Waals surface area (Å²) in [5, 5.41) is 0. The van der Waals surface area contributed by atoms with Crippen molar-refractivity contribution in [2.75, 3.05) is 20.7 Å². The van der Waals surface area contributed by atoms with Crippen LogP contribution in [-0.4, -0.2) is 39.4 Å². The fourth-order valence-corrected chi connectivity index (χ4v) is 2.70. The number of hydrogen-bond acceptors (Lipinski definition) is 4. The second-order valence-electron chi connectivity index (χ2n) is 4.54. The molecule has 0 aliphatic heterocycles. The Labute approximate surface area is 124 Å². The number of nitrogens with zero attached hydrogens (tertiary/aromatic N) is 1. The Morgan fingerprint density at radius 1 is 1.38 bits per heavy atom. The van der Waals surface area contributed by atoms with Crippen LogP contribution in [0.4, 0.5) is 4.39 Å². The van der Waals surface area contributed by atoms with Crippen LogP contribution in [0.2, 0.25) is 0 Å². The zero-order valence-electron chi connectivity index (χ0n) is 12.2. The Morgan fingerprint density at radius 2 is 1.95 bits per heavy atom. The lowest BCUT2D eigenvalue weighted by atomic mass is 10.1. The first-order chi connectivity index (χ1) is 9.76. The van der Waals surface area contributed by atoms with Gasteiger partial charge in [-0.25, -0.2) is 4.39 Å². The van der Waals surface area contributed by atoms with Gasteiger partial charge in [-0.15, -0.1) is 0 Å². The second kappa shape index (κ2) is 7.48. The van der Waals surface area contributed by atoms with Gasteiger partial charge in [0.05, 0.1) is 13.5 Å². The predicted molar refractivity (Wildman–Crippen MR) is 76.1 cm³/mol. The fraction of sp³-hybridized carbons (Fsp3) is 0.462. The Morgan fingerprint density at radius 3 is 2.48 bits per heavy atom. The maximum atomic E-state index is 12.8. The molecule has 0 bridgehead atoms. The number of nitrogens with one attached hydrogen (secondary N) is 1. The van der Waals surface area contributed by atoms with Crippen molar-refractivity contribution in [3.05, 3.63) is 35.6 Å². The number of benzene rings is 1. The molecular weight excluding hydrogens is 299 g/mol. The summed E-state index contributed by atoms with van der Waals surface area (Å²) >= 11 is 0. The van der Waals surface area contributed by atoms with E-state index < -0.39 is 22.2 Å². The lowest BCUT2D eigenvalue weighted by Crippen LogP contribution is -2.40. The van der Waals surface area contributed by atoms with Gasteiger partial charge >= 0.3 is 5.97 Å². The summed E-state index contributed by atoms with van der Waals surface area (Å²) in [6, 6.07) is 5.03. The zero-order chi connectivity index (χ0) is 16.0. The molecule has 1 aromatic rings. The molecule has 0 aliphatic carbocycles. The van der Waals surface area contributed by atoms with Gasteiger partial charge in [0, 0.05) is 19.6 Å². The molecule has 0 saturated carbocycles. The summed E-state index contributed by atoms with van der Waals surface area (Å²) in [4.78, 5) is 11.0. The standard InChI is InChI=1S/C13H19FN2O4S/c1-10(11-4-6-12(14)7-5-11)15-21(18,19)16(2)9-8-13(17)20-3/h4-7,10,15H,8-9H2,1-3H3. The minimum Gasteiger partial charge on any atom is -0.469 e. The highest BCUT2D eigenvalue weighted by Crippen LogP contribution is 2.14. The van der Waals surface area contributed by atoms with E-state index in [0.717, 1.165) is 4.31 Å². The van der Waals surface area contributed by atoms with E-state index in [-0.39, 0.29) is 18.8 Å². The van der Waals surface area contributed by atoms with Crippen LogP contribution in [0.15, 0.2) is 24.3 Å². The number of halogens is 1.